The van der Waals surface area contributed by atoms with Crippen molar-refractivity contribution in [2.45, 2.75) is 25.9 Å². The van der Waals surface area contributed by atoms with Crippen LogP contribution in [0.5, 0.6) is 0 Å². The molecule has 0 aliphatic carbocycles. The molecular formula is C11H18N2. The molecule has 2 nitrogen and oxygen atoms in total. The van der Waals surface area contributed by atoms with E-state index in [2.05, 4.69) is 36.5 Å². The SMILES string of the molecule is CC[C@@H](N)NCCc1ccccc1. The highest BCUT2D eigenvalue weighted by atomic mass is 15.0. The van der Waals surface area contributed by atoms with E-state index < -0.39 is 0 Å². The first-order valence-electron chi connectivity index (χ1n) is 4.86. The van der Waals surface area contributed by atoms with Crippen LogP contribution in [0.25, 0.3) is 0 Å². The second-order valence-corrected chi connectivity index (χ2v) is 3.20. The van der Waals surface area contributed by atoms with E-state index in [0.29, 0.717) is 0 Å². The van der Waals surface area contributed by atoms with Crippen molar-refractivity contribution in [1.29, 1.82) is 0 Å². The first-order valence-corrected chi connectivity index (χ1v) is 4.86. The third kappa shape index (κ3) is 4.06. The van der Waals surface area contributed by atoms with Crippen molar-refractivity contribution < 1.29 is 0 Å². The summed E-state index contributed by atoms with van der Waals surface area (Å²) in [5.74, 6) is 0. The van der Waals surface area contributed by atoms with Crippen molar-refractivity contribution in [3.05, 3.63) is 35.9 Å². The second kappa shape index (κ2) is 5.73. The zero-order valence-corrected chi connectivity index (χ0v) is 8.16. The lowest BCUT2D eigenvalue weighted by Crippen LogP contribution is -2.37. The van der Waals surface area contributed by atoms with Crippen LogP contribution in [0.3, 0.4) is 0 Å². The Hall–Kier alpha value is -0.860. The molecule has 0 aromatic heterocycles. The van der Waals surface area contributed by atoms with Crippen LogP contribution in [-0.4, -0.2) is 12.7 Å². The zero-order valence-electron chi connectivity index (χ0n) is 8.16. The van der Waals surface area contributed by atoms with Crippen LogP contribution in [0.2, 0.25) is 0 Å². The zero-order chi connectivity index (χ0) is 9.52. The molecule has 0 bridgehead atoms. The van der Waals surface area contributed by atoms with Crippen LogP contribution in [0.4, 0.5) is 0 Å². The minimum Gasteiger partial charge on any atom is -0.316 e. The van der Waals surface area contributed by atoms with Gasteiger partial charge in [0.05, 0.1) is 6.17 Å². The molecule has 13 heavy (non-hydrogen) atoms. The Balaban J connectivity index is 2.20. The smallest absolute Gasteiger partial charge is 0.0543 e. The third-order valence-electron chi connectivity index (χ3n) is 2.10. The number of benzene rings is 1. The van der Waals surface area contributed by atoms with Crippen LogP contribution in [0, 0.1) is 0 Å². The van der Waals surface area contributed by atoms with Crippen LogP contribution in [-0.2, 0) is 6.42 Å². The van der Waals surface area contributed by atoms with Crippen molar-refractivity contribution in [3.8, 4) is 0 Å². The van der Waals surface area contributed by atoms with Gasteiger partial charge in [-0.3, -0.25) is 0 Å². The van der Waals surface area contributed by atoms with E-state index in [1.54, 1.807) is 0 Å². The summed E-state index contributed by atoms with van der Waals surface area (Å²) in [7, 11) is 0. The number of hydrogen-bond donors (Lipinski definition) is 2. The van der Waals surface area contributed by atoms with Gasteiger partial charge in [0.15, 0.2) is 0 Å². The molecule has 0 heterocycles. The standard InChI is InChI=1S/C11H18N2/c1-2-11(12)13-9-8-10-6-4-3-5-7-10/h3-7,11,13H,2,8-9,12H2,1H3/t11-/m0/s1. The maximum Gasteiger partial charge on any atom is 0.0543 e. The molecule has 2 heteroatoms. The van der Waals surface area contributed by atoms with Crippen LogP contribution in [0.15, 0.2) is 30.3 Å². The fourth-order valence-electron chi connectivity index (χ4n) is 1.19. The summed E-state index contributed by atoms with van der Waals surface area (Å²) in [4.78, 5) is 0. The number of nitrogens with one attached hydrogen (secondary N) is 1. The van der Waals surface area contributed by atoms with E-state index >= 15 is 0 Å². The Kier molecular flexibility index (Phi) is 4.50. The minimum atomic E-state index is 0.142. The summed E-state index contributed by atoms with van der Waals surface area (Å²) in [6.45, 7) is 3.04. The molecular weight excluding hydrogens is 160 g/mol. The van der Waals surface area contributed by atoms with Crippen molar-refractivity contribution >= 4 is 0 Å². The van der Waals surface area contributed by atoms with Crippen molar-refractivity contribution in [1.82, 2.24) is 5.32 Å². The van der Waals surface area contributed by atoms with Gasteiger partial charge < -0.3 is 11.1 Å². The molecule has 1 atom stereocenters. The van der Waals surface area contributed by atoms with Gasteiger partial charge in [0.25, 0.3) is 0 Å². The fraction of sp³-hybridized carbons (Fsp3) is 0.455. The molecule has 1 rings (SSSR count). The van der Waals surface area contributed by atoms with Crippen molar-refractivity contribution in [2.24, 2.45) is 5.73 Å². The minimum absolute atomic E-state index is 0.142. The first-order chi connectivity index (χ1) is 6.33. The molecule has 72 valence electrons. The Labute approximate surface area is 80.1 Å². The molecule has 1 aromatic carbocycles. The normalized spacial score (nSPS) is 12.8. The number of nitrogens with two attached hydrogens (primary N) is 1. The van der Waals surface area contributed by atoms with Crippen LogP contribution in [0.1, 0.15) is 18.9 Å². The summed E-state index contributed by atoms with van der Waals surface area (Å²) in [6, 6.07) is 10.4. The molecule has 0 amide bonds. The van der Waals surface area contributed by atoms with Crippen LogP contribution >= 0.6 is 0 Å². The maximum absolute atomic E-state index is 5.73. The Morgan fingerprint density at radius 2 is 2.00 bits per heavy atom. The fourth-order valence-corrected chi connectivity index (χ4v) is 1.19. The molecule has 0 aliphatic heterocycles. The molecule has 0 saturated heterocycles. The monoisotopic (exact) mass is 178 g/mol. The van der Waals surface area contributed by atoms with Gasteiger partial charge in [-0.25, -0.2) is 0 Å². The van der Waals surface area contributed by atoms with Gasteiger partial charge >= 0.3 is 0 Å². The highest BCUT2D eigenvalue weighted by molar-refractivity contribution is 5.14. The predicted molar refractivity (Wildman–Crippen MR) is 56.4 cm³/mol. The molecule has 1 aromatic rings. The quantitative estimate of drug-likeness (QED) is 0.671. The van der Waals surface area contributed by atoms with Crippen molar-refractivity contribution in [3.63, 3.8) is 0 Å². The lowest BCUT2D eigenvalue weighted by atomic mass is 10.1. The van der Waals surface area contributed by atoms with Gasteiger partial charge in [-0.1, -0.05) is 37.3 Å². The number of rotatable bonds is 5. The number of hydrogen-bond acceptors (Lipinski definition) is 2. The summed E-state index contributed by atoms with van der Waals surface area (Å²) in [5.41, 5.74) is 7.09. The lowest BCUT2D eigenvalue weighted by molar-refractivity contribution is 0.517. The summed E-state index contributed by atoms with van der Waals surface area (Å²) < 4.78 is 0. The van der Waals surface area contributed by atoms with Gasteiger partial charge in [0, 0.05) is 6.54 Å². The third-order valence-corrected chi connectivity index (χ3v) is 2.10. The molecule has 0 aliphatic rings. The Morgan fingerprint density at radius 1 is 1.31 bits per heavy atom. The van der Waals surface area contributed by atoms with E-state index in [-0.39, 0.29) is 6.17 Å². The van der Waals surface area contributed by atoms with Gasteiger partial charge in [-0.2, -0.15) is 0 Å². The molecule has 0 spiro atoms. The van der Waals surface area contributed by atoms with E-state index in [1.807, 2.05) is 6.07 Å². The van der Waals surface area contributed by atoms with E-state index in [1.165, 1.54) is 5.56 Å². The lowest BCUT2D eigenvalue weighted by Gasteiger charge is -2.10. The molecule has 0 radical (unpaired) electrons. The van der Waals surface area contributed by atoms with E-state index in [4.69, 9.17) is 5.73 Å². The molecule has 0 unspecified atom stereocenters. The van der Waals surface area contributed by atoms with Gasteiger partial charge in [-0.05, 0) is 18.4 Å². The van der Waals surface area contributed by atoms with E-state index in [9.17, 15) is 0 Å². The highest BCUT2D eigenvalue weighted by Gasteiger charge is 1.96. The Morgan fingerprint density at radius 3 is 2.62 bits per heavy atom. The average molecular weight is 178 g/mol. The van der Waals surface area contributed by atoms with E-state index in [0.717, 1.165) is 19.4 Å². The molecule has 0 saturated carbocycles. The topological polar surface area (TPSA) is 38.0 Å². The van der Waals surface area contributed by atoms with Crippen LogP contribution < -0.4 is 11.1 Å². The summed E-state index contributed by atoms with van der Waals surface area (Å²) in [6.07, 6.45) is 2.17. The van der Waals surface area contributed by atoms with Gasteiger partial charge in [0.1, 0.15) is 0 Å². The molecule has 3 N–H and O–H groups in total. The predicted octanol–water partition coefficient (Wildman–Crippen LogP) is 1.51. The largest absolute Gasteiger partial charge is 0.316 e. The first kappa shape index (κ1) is 10.2. The average Bonchev–Trinajstić information content (AvgIpc) is 2.19. The Bertz CT molecular complexity index is 221. The summed E-state index contributed by atoms with van der Waals surface area (Å²) >= 11 is 0. The molecule has 0 fully saturated rings. The second-order valence-electron chi connectivity index (χ2n) is 3.20. The summed E-state index contributed by atoms with van der Waals surface area (Å²) in [5, 5.41) is 3.26. The van der Waals surface area contributed by atoms with Crippen molar-refractivity contribution in [2.75, 3.05) is 6.54 Å². The van der Waals surface area contributed by atoms with Gasteiger partial charge in [-0.15, -0.1) is 0 Å². The maximum atomic E-state index is 5.73. The van der Waals surface area contributed by atoms with Gasteiger partial charge in [0.2, 0.25) is 0 Å². The highest BCUT2D eigenvalue weighted by Crippen LogP contribution is 1.98.